The molecule has 2 heteroatoms. The molecule has 0 saturated heterocycles. The fraction of sp³-hybridized carbons (Fsp3) is 0.556. The number of allylic oxidation sites excluding steroid dienone is 2. The van der Waals surface area contributed by atoms with Crippen LogP contribution in [0, 0.1) is 5.41 Å². The Balaban J connectivity index is 4.67. The monoisotopic (exact) mass is 155 g/mol. The van der Waals surface area contributed by atoms with Crippen LogP contribution in [-0.4, -0.2) is 5.11 Å². The predicted octanol–water partition coefficient (Wildman–Crippen LogP) is 2.34. The van der Waals surface area contributed by atoms with Crippen molar-refractivity contribution in [1.82, 2.24) is 0 Å². The summed E-state index contributed by atoms with van der Waals surface area (Å²) in [6, 6.07) is 0. The summed E-state index contributed by atoms with van der Waals surface area (Å²) >= 11 is 0. The summed E-state index contributed by atoms with van der Waals surface area (Å²) in [6.45, 7) is 11.4. The molecule has 2 nitrogen and oxygen atoms in total. The van der Waals surface area contributed by atoms with Crippen LogP contribution < -0.4 is 5.73 Å². The molecule has 0 aliphatic rings. The summed E-state index contributed by atoms with van der Waals surface area (Å²) in [5.41, 5.74) is 6.68. The quantitative estimate of drug-likeness (QED) is 0.451. The molecule has 3 N–H and O–H groups in total. The van der Waals surface area contributed by atoms with Crippen molar-refractivity contribution in [2.45, 2.75) is 27.7 Å². The van der Waals surface area contributed by atoms with Gasteiger partial charge in [-0.1, -0.05) is 27.4 Å². The van der Waals surface area contributed by atoms with Gasteiger partial charge < -0.3 is 10.8 Å². The molecule has 11 heavy (non-hydrogen) atoms. The number of hydrogen-bond acceptors (Lipinski definition) is 2. The molecule has 0 radical (unpaired) electrons. The molecule has 0 aliphatic carbocycles. The van der Waals surface area contributed by atoms with Crippen LogP contribution in [0.1, 0.15) is 27.7 Å². The summed E-state index contributed by atoms with van der Waals surface area (Å²) in [4.78, 5) is 0. The number of aliphatic hydroxyl groups excluding tert-OH is 1. The van der Waals surface area contributed by atoms with Crippen LogP contribution in [0.15, 0.2) is 23.6 Å². The molecule has 0 amide bonds. The topological polar surface area (TPSA) is 46.2 Å². The normalized spacial score (nSPS) is 14.2. The molecule has 0 fully saturated rings. The highest BCUT2D eigenvalue weighted by Gasteiger charge is 2.17. The first-order valence-electron chi connectivity index (χ1n) is 3.62. The third-order valence-corrected chi connectivity index (χ3v) is 1.62. The lowest BCUT2D eigenvalue weighted by Gasteiger charge is -2.22. The lowest BCUT2D eigenvalue weighted by molar-refractivity contribution is 0.401. The zero-order valence-electron chi connectivity index (χ0n) is 7.73. The summed E-state index contributed by atoms with van der Waals surface area (Å²) in [7, 11) is 0. The molecule has 0 bridgehead atoms. The van der Waals surface area contributed by atoms with Crippen molar-refractivity contribution in [3.05, 3.63) is 23.6 Å². The maximum Gasteiger partial charge on any atom is 0.112 e. The number of rotatable bonds is 1. The van der Waals surface area contributed by atoms with Gasteiger partial charge in [0.1, 0.15) is 5.76 Å². The van der Waals surface area contributed by atoms with E-state index in [4.69, 9.17) is 10.8 Å². The first-order valence-corrected chi connectivity index (χ1v) is 3.62. The van der Waals surface area contributed by atoms with Gasteiger partial charge in [-0.2, -0.15) is 0 Å². The largest absolute Gasteiger partial charge is 0.510 e. The van der Waals surface area contributed by atoms with Crippen LogP contribution in [0.5, 0.6) is 0 Å². The van der Waals surface area contributed by atoms with Crippen LogP contribution in [0.25, 0.3) is 0 Å². The number of hydrogen-bond donors (Lipinski definition) is 2. The molecule has 0 aromatic carbocycles. The maximum absolute atomic E-state index is 9.05. The van der Waals surface area contributed by atoms with E-state index in [0.717, 1.165) is 5.57 Å². The zero-order valence-corrected chi connectivity index (χ0v) is 7.73. The highest BCUT2D eigenvalue weighted by atomic mass is 16.3. The molecule has 0 atom stereocenters. The van der Waals surface area contributed by atoms with E-state index in [0.29, 0.717) is 5.70 Å². The number of nitrogens with two attached hydrogens (primary N) is 1. The Morgan fingerprint density at radius 1 is 1.36 bits per heavy atom. The summed E-state index contributed by atoms with van der Waals surface area (Å²) in [5, 5.41) is 9.05. The Labute approximate surface area is 68.4 Å². The number of aliphatic hydroxyl groups is 1. The van der Waals surface area contributed by atoms with Gasteiger partial charge >= 0.3 is 0 Å². The third-order valence-electron chi connectivity index (χ3n) is 1.62. The fourth-order valence-electron chi connectivity index (χ4n) is 0.622. The van der Waals surface area contributed by atoms with E-state index < -0.39 is 0 Å². The molecule has 0 aliphatic heterocycles. The van der Waals surface area contributed by atoms with Crippen LogP contribution >= 0.6 is 0 Å². The third kappa shape index (κ3) is 2.66. The van der Waals surface area contributed by atoms with Gasteiger partial charge in [0, 0.05) is 0 Å². The van der Waals surface area contributed by atoms with Gasteiger partial charge in [-0.25, -0.2) is 0 Å². The molecule has 0 heterocycles. The minimum absolute atomic E-state index is 0.0753. The average Bonchev–Trinajstić information content (AvgIpc) is 1.82. The Morgan fingerprint density at radius 3 is 1.82 bits per heavy atom. The van der Waals surface area contributed by atoms with Gasteiger partial charge in [0.25, 0.3) is 0 Å². The molecule has 0 aromatic heterocycles. The lowest BCUT2D eigenvalue weighted by Crippen LogP contribution is -2.16. The van der Waals surface area contributed by atoms with Gasteiger partial charge in [0.2, 0.25) is 0 Å². The Bertz CT molecular complexity index is 192. The highest BCUT2D eigenvalue weighted by Crippen LogP contribution is 2.27. The molecule has 0 spiro atoms. The van der Waals surface area contributed by atoms with E-state index >= 15 is 0 Å². The zero-order chi connectivity index (χ0) is 9.23. The molecule has 0 saturated carbocycles. The van der Waals surface area contributed by atoms with Crippen LogP contribution in [0.4, 0.5) is 0 Å². The summed E-state index contributed by atoms with van der Waals surface area (Å²) < 4.78 is 0. The van der Waals surface area contributed by atoms with E-state index in [1.165, 1.54) is 0 Å². The van der Waals surface area contributed by atoms with E-state index in [1.54, 1.807) is 6.92 Å². The Hall–Kier alpha value is -0.920. The van der Waals surface area contributed by atoms with Crippen LogP contribution in [0.3, 0.4) is 0 Å². The SMILES string of the molecule is C=C(/C(N)=C(\C)O)C(C)(C)C. The fourth-order valence-corrected chi connectivity index (χ4v) is 0.622. The maximum atomic E-state index is 9.05. The van der Waals surface area contributed by atoms with Gasteiger partial charge in [-0.3, -0.25) is 0 Å². The Kier molecular flexibility index (Phi) is 2.74. The second kappa shape index (κ2) is 2.99. The molecule has 0 aromatic rings. The lowest BCUT2D eigenvalue weighted by atomic mass is 9.85. The highest BCUT2D eigenvalue weighted by molar-refractivity contribution is 5.31. The molecule has 0 rings (SSSR count). The predicted molar refractivity (Wildman–Crippen MR) is 48.1 cm³/mol. The van der Waals surface area contributed by atoms with Crippen molar-refractivity contribution in [3.63, 3.8) is 0 Å². The smallest absolute Gasteiger partial charge is 0.112 e. The van der Waals surface area contributed by atoms with Gasteiger partial charge in [-0.15, -0.1) is 0 Å². The summed E-state index contributed by atoms with van der Waals surface area (Å²) in [6.07, 6.45) is 0. The Morgan fingerprint density at radius 2 is 1.73 bits per heavy atom. The standard InChI is InChI=1S/C9H17NO/c1-6(9(3,4)5)8(10)7(2)11/h11H,1,10H2,2-5H3/b8-7-. The van der Waals surface area contributed by atoms with Crippen molar-refractivity contribution >= 4 is 0 Å². The first kappa shape index (κ1) is 10.1. The minimum atomic E-state index is -0.0753. The average molecular weight is 155 g/mol. The second-order valence-electron chi connectivity index (χ2n) is 3.73. The molecular formula is C9H17NO. The van der Waals surface area contributed by atoms with E-state index in [1.807, 2.05) is 20.8 Å². The van der Waals surface area contributed by atoms with E-state index in [2.05, 4.69) is 6.58 Å². The van der Waals surface area contributed by atoms with Gasteiger partial charge in [0.15, 0.2) is 0 Å². The van der Waals surface area contributed by atoms with Crippen LogP contribution in [0.2, 0.25) is 0 Å². The van der Waals surface area contributed by atoms with Gasteiger partial charge in [0.05, 0.1) is 5.70 Å². The summed E-state index contributed by atoms with van der Waals surface area (Å²) in [5.74, 6) is 0.143. The van der Waals surface area contributed by atoms with Crippen molar-refractivity contribution in [3.8, 4) is 0 Å². The van der Waals surface area contributed by atoms with Crippen molar-refractivity contribution < 1.29 is 5.11 Å². The molecule has 0 unspecified atom stereocenters. The van der Waals surface area contributed by atoms with E-state index in [-0.39, 0.29) is 11.2 Å². The van der Waals surface area contributed by atoms with Crippen molar-refractivity contribution in [2.75, 3.05) is 0 Å². The van der Waals surface area contributed by atoms with Crippen molar-refractivity contribution in [2.24, 2.45) is 11.1 Å². The molecule has 64 valence electrons. The van der Waals surface area contributed by atoms with Crippen LogP contribution in [-0.2, 0) is 0 Å². The first-order chi connectivity index (χ1) is 4.76. The molecular weight excluding hydrogens is 138 g/mol. The van der Waals surface area contributed by atoms with Crippen molar-refractivity contribution in [1.29, 1.82) is 0 Å². The minimum Gasteiger partial charge on any atom is -0.510 e. The van der Waals surface area contributed by atoms with E-state index in [9.17, 15) is 0 Å². The second-order valence-corrected chi connectivity index (χ2v) is 3.73. The van der Waals surface area contributed by atoms with Gasteiger partial charge in [-0.05, 0) is 17.9 Å².